The Labute approximate surface area is 258 Å². The summed E-state index contributed by atoms with van der Waals surface area (Å²) >= 11 is 9.32. The minimum atomic E-state index is -0.364. The lowest BCUT2D eigenvalue weighted by Gasteiger charge is -2.28. The van der Waals surface area contributed by atoms with Crippen LogP contribution in [0.3, 0.4) is 0 Å². The molecule has 0 bridgehead atoms. The molecule has 4 heterocycles. The number of nitrogens with one attached hydrogen (secondary N) is 4. The van der Waals surface area contributed by atoms with Gasteiger partial charge < -0.3 is 28.9 Å². The first-order chi connectivity index (χ1) is 20.5. The van der Waals surface area contributed by atoms with Gasteiger partial charge in [0.15, 0.2) is 0 Å². The van der Waals surface area contributed by atoms with Gasteiger partial charge in [0, 0.05) is 82.4 Å². The number of nitriles is 2. The maximum atomic E-state index is 14.2. The van der Waals surface area contributed by atoms with Crippen LogP contribution in [0.25, 0.3) is 21.8 Å². The molecule has 14 heteroatoms. The van der Waals surface area contributed by atoms with E-state index in [9.17, 15) is 4.39 Å². The van der Waals surface area contributed by atoms with Crippen molar-refractivity contribution in [1.29, 1.82) is 10.5 Å². The van der Waals surface area contributed by atoms with Gasteiger partial charge in [-0.05, 0) is 23.3 Å². The van der Waals surface area contributed by atoms with Crippen LogP contribution in [0.5, 0.6) is 0 Å². The summed E-state index contributed by atoms with van der Waals surface area (Å²) in [6.07, 6.45) is 3.23. The monoisotopic (exact) mass is 630 g/mol. The van der Waals surface area contributed by atoms with Gasteiger partial charge in [-0.2, -0.15) is 10.5 Å². The number of hydrogen-bond acceptors (Lipinski definition) is 10. The topological polar surface area (TPSA) is 128 Å². The minimum Gasteiger partial charge on any atom is -0.383 e. The molecule has 0 atom stereocenters. The molecule has 0 saturated carbocycles. The normalized spacial score (nSPS) is 14.3. The molecular formula is C28H32ClFN8O2S2. The maximum Gasteiger partial charge on any atom is 0.134 e. The highest BCUT2D eigenvalue weighted by atomic mass is 35.5. The standard InChI is InChI=1S/C13H13ClN4OS.C13H13FN4OS.C2H6/c2*1-19-3-2-18-7-8-4-10(14)11-9(5-15)6-16-13(11)12(8)17-20-18;1-2/h2*4,6,16-17H,2-3,7H2,1H3;1-2H3. The van der Waals surface area contributed by atoms with Gasteiger partial charge in [0.1, 0.15) is 18.0 Å². The molecule has 10 nitrogen and oxygen atoms in total. The fourth-order valence-electron chi connectivity index (χ4n) is 4.61. The summed E-state index contributed by atoms with van der Waals surface area (Å²) in [6.45, 7) is 8.30. The number of hydrogen-bond donors (Lipinski definition) is 4. The summed E-state index contributed by atoms with van der Waals surface area (Å²) in [5.41, 5.74) is 6.28. The number of H-pyrrole nitrogens is 2. The van der Waals surface area contributed by atoms with Crippen LogP contribution < -0.4 is 9.44 Å². The molecular weight excluding hydrogens is 599 g/mol. The first-order valence-corrected chi connectivity index (χ1v) is 15.2. The number of rotatable bonds is 6. The quantitative estimate of drug-likeness (QED) is 0.169. The zero-order valence-corrected chi connectivity index (χ0v) is 26.1. The Morgan fingerprint density at radius 2 is 1.33 bits per heavy atom. The molecule has 6 rings (SSSR count). The van der Waals surface area contributed by atoms with Crippen molar-refractivity contribution in [2.75, 3.05) is 50.0 Å². The van der Waals surface area contributed by atoms with E-state index >= 15 is 0 Å². The Bertz CT molecular complexity index is 1510. The number of aromatic amines is 2. The van der Waals surface area contributed by atoms with Crippen molar-refractivity contribution in [3.8, 4) is 12.1 Å². The molecule has 0 fully saturated rings. The van der Waals surface area contributed by atoms with Gasteiger partial charge in [-0.15, -0.1) is 0 Å². The molecule has 2 aliphatic heterocycles. The number of anilines is 2. The molecule has 2 aromatic carbocycles. The van der Waals surface area contributed by atoms with Crippen LogP contribution >= 0.6 is 35.9 Å². The molecule has 4 N–H and O–H groups in total. The van der Waals surface area contributed by atoms with Crippen molar-refractivity contribution in [2.45, 2.75) is 26.9 Å². The first-order valence-electron chi connectivity index (χ1n) is 13.3. The Morgan fingerprint density at radius 1 is 0.857 bits per heavy atom. The SMILES string of the molecule is CC.COCCN1Cc2cc(Cl)c3c(C#N)c[nH]c3c2NS1.COCCN1Cc2cc(F)c3c(C#N)c[nH]c3c2NS1. The number of benzene rings is 2. The van der Waals surface area contributed by atoms with Crippen LogP contribution in [0.1, 0.15) is 36.1 Å². The van der Waals surface area contributed by atoms with Gasteiger partial charge in [0.25, 0.3) is 0 Å². The highest BCUT2D eigenvalue weighted by molar-refractivity contribution is 7.98. The second-order valence-corrected chi connectivity index (χ2v) is 11.2. The van der Waals surface area contributed by atoms with Gasteiger partial charge in [0.2, 0.25) is 0 Å². The molecule has 0 saturated heterocycles. The van der Waals surface area contributed by atoms with Crippen molar-refractivity contribution >= 4 is 69.0 Å². The summed E-state index contributed by atoms with van der Waals surface area (Å²) in [5, 5.41) is 19.9. The van der Waals surface area contributed by atoms with E-state index < -0.39 is 0 Å². The average Bonchev–Trinajstić information content (AvgIpc) is 3.66. The summed E-state index contributed by atoms with van der Waals surface area (Å²) in [4.78, 5) is 6.12. The fourth-order valence-corrected chi connectivity index (χ4v) is 6.59. The molecule has 0 spiro atoms. The Kier molecular flexibility index (Phi) is 11.2. The van der Waals surface area contributed by atoms with Crippen LogP contribution in [-0.2, 0) is 22.6 Å². The van der Waals surface area contributed by atoms with E-state index in [2.05, 4.69) is 34.1 Å². The average molecular weight is 631 g/mol. The smallest absolute Gasteiger partial charge is 0.134 e. The second kappa shape index (κ2) is 14.8. The third-order valence-electron chi connectivity index (χ3n) is 6.56. The summed E-state index contributed by atoms with van der Waals surface area (Å²) in [7, 11) is 3.35. The molecule has 222 valence electrons. The van der Waals surface area contributed by atoms with Gasteiger partial charge in [-0.1, -0.05) is 25.4 Å². The van der Waals surface area contributed by atoms with Crippen molar-refractivity contribution in [1.82, 2.24) is 18.6 Å². The largest absolute Gasteiger partial charge is 0.383 e. The lowest BCUT2D eigenvalue weighted by Crippen LogP contribution is -2.26. The van der Waals surface area contributed by atoms with Crippen molar-refractivity contribution in [2.24, 2.45) is 0 Å². The van der Waals surface area contributed by atoms with Gasteiger partial charge >= 0.3 is 0 Å². The number of nitrogens with zero attached hydrogens (tertiary/aromatic N) is 4. The lowest BCUT2D eigenvalue weighted by atomic mass is 10.1. The summed E-state index contributed by atoms with van der Waals surface area (Å²) in [5.74, 6) is -0.364. The van der Waals surface area contributed by atoms with E-state index in [0.29, 0.717) is 46.8 Å². The number of methoxy groups -OCH3 is 2. The van der Waals surface area contributed by atoms with E-state index in [-0.39, 0.29) is 5.82 Å². The van der Waals surface area contributed by atoms with E-state index in [4.69, 9.17) is 31.6 Å². The molecule has 0 radical (unpaired) electrons. The van der Waals surface area contributed by atoms with E-state index in [0.717, 1.165) is 53.0 Å². The first kappa shape index (κ1) is 31.8. The van der Waals surface area contributed by atoms with Crippen LogP contribution in [0.2, 0.25) is 5.02 Å². The molecule has 0 unspecified atom stereocenters. The van der Waals surface area contributed by atoms with Crippen LogP contribution in [-0.4, -0.2) is 59.1 Å². The number of aromatic nitrogens is 2. The van der Waals surface area contributed by atoms with Crippen LogP contribution in [0, 0.1) is 28.5 Å². The second-order valence-electron chi connectivity index (χ2n) is 9.01. The highest BCUT2D eigenvalue weighted by Gasteiger charge is 2.24. The molecule has 4 aromatic rings. The van der Waals surface area contributed by atoms with Crippen molar-refractivity contribution < 1.29 is 13.9 Å². The molecule has 2 aromatic heterocycles. The minimum absolute atomic E-state index is 0.328. The fraction of sp³-hybridized carbons (Fsp3) is 0.357. The molecule has 0 amide bonds. The zero-order valence-electron chi connectivity index (χ0n) is 23.7. The summed E-state index contributed by atoms with van der Waals surface area (Å²) < 4.78 is 35.1. The van der Waals surface area contributed by atoms with Crippen LogP contribution in [0.4, 0.5) is 15.8 Å². The number of fused-ring (bicyclic) bond motifs is 6. The Hall–Kier alpha value is -3.14. The van der Waals surface area contributed by atoms with Gasteiger partial charge in [-0.25, -0.2) is 13.0 Å². The molecule has 0 aliphatic carbocycles. The van der Waals surface area contributed by atoms with E-state index in [1.54, 1.807) is 32.6 Å². The number of halogens is 2. The summed E-state index contributed by atoms with van der Waals surface area (Å²) in [6, 6.07) is 7.59. The Morgan fingerprint density at radius 3 is 1.83 bits per heavy atom. The van der Waals surface area contributed by atoms with Crippen molar-refractivity contribution in [3.05, 3.63) is 57.6 Å². The van der Waals surface area contributed by atoms with E-state index in [1.165, 1.54) is 24.4 Å². The van der Waals surface area contributed by atoms with E-state index in [1.807, 2.05) is 26.0 Å². The lowest BCUT2D eigenvalue weighted by molar-refractivity contribution is 0.181. The van der Waals surface area contributed by atoms with Crippen LogP contribution in [0.15, 0.2) is 24.5 Å². The Balaban J connectivity index is 0.000000182. The predicted molar refractivity (Wildman–Crippen MR) is 169 cm³/mol. The third kappa shape index (κ3) is 6.58. The zero-order chi connectivity index (χ0) is 30.2. The highest BCUT2D eigenvalue weighted by Crippen LogP contribution is 2.40. The van der Waals surface area contributed by atoms with Gasteiger partial charge in [0.05, 0.1) is 57.2 Å². The predicted octanol–water partition coefficient (Wildman–Crippen LogP) is 6.77. The molecule has 2 aliphatic rings. The maximum absolute atomic E-state index is 14.2. The number of ether oxygens (including phenoxy) is 2. The van der Waals surface area contributed by atoms with Crippen molar-refractivity contribution in [3.63, 3.8) is 0 Å². The third-order valence-corrected chi connectivity index (χ3v) is 8.59. The molecule has 42 heavy (non-hydrogen) atoms. The van der Waals surface area contributed by atoms with Gasteiger partial charge in [-0.3, -0.25) is 0 Å².